The first-order valence-corrected chi connectivity index (χ1v) is 11.4. The van der Waals surface area contributed by atoms with E-state index >= 15 is 0 Å². The predicted octanol–water partition coefficient (Wildman–Crippen LogP) is 5.08. The highest BCUT2D eigenvalue weighted by molar-refractivity contribution is 7.92. The first kappa shape index (κ1) is 22.7. The molecule has 3 aromatic carbocycles. The highest BCUT2D eigenvalue weighted by atomic mass is 35.5. The van der Waals surface area contributed by atoms with Crippen LogP contribution in [0.4, 0.5) is 11.4 Å². The number of nitrogens with one attached hydrogen (secondary N) is 2. The Morgan fingerprint density at radius 3 is 2.16 bits per heavy atom. The molecule has 0 aliphatic rings. The maximum atomic E-state index is 12.6. The largest absolute Gasteiger partial charge is 0.484 e. The van der Waals surface area contributed by atoms with E-state index in [0.29, 0.717) is 22.1 Å². The molecule has 0 aliphatic carbocycles. The molecule has 0 radical (unpaired) electrons. The first-order valence-electron chi connectivity index (χ1n) is 9.52. The monoisotopic (exact) mass is 458 g/mol. The Labute approximate surface area is 187 Å². The zero-order valence-electron chi connectivity index (χ0n) is 17.4. The Morgan fingerprint density at radius 2 is 1.55 bits per heavy atom. The molecule has 31 heavy (non-hydrogen) atoms. The van der Waals surface area contributed by atoms with Gasteiger partial charge in [0, 0.05) is 16.4 Å². The van der Waals surface area contributed by atoms with Crippen molar-refractivity contribution >= 4 is 38.9 Å². The van der Waals surface area contributed by atoms with Gasteiger partial charge >= 0.3 is 0 Å². The van der Waals surface area contributed by atoms with Crippen LogP contribution in [0.2, 0.25) is 5.02 Å². The number of ether oxygens (including phenoxy) is 1. The first-order chi connectivity index (χ1) is 14.6. The highest BCUT2D eigenvalue weighted by Crippen LogP contribution is 2.22. The van der Waals surface area contributed by atoms with Crippen molar-refractivity contribution in [1.82, 2.24) is 0 Å². The summed E-state index contributed by atoms with van der Waals surface area (Å²) < 4.78 is 33.3. The Hall–Kier alpha value is -3.03. The number of carbonyl (C=O) groups is 1. The molecule has 0 fully saturated rings. The van der Waals surface area contributed by atoms with Crippen LogP contribution in [0.5, 0.6) is 5.75 Å². The van der Waals surface area contributed by atoms with E-state index in [1.165, 1.54) is 24.3 Å². The van der Waals surface area contributed by atoms with E-state index in [9.17, 15) is 13.2 Å². The Morgan fingerprint density at radius 1 is 0.903 bits per heavy atom. The van der Waals surface area contributed by atoms with Gasteiger partial charge < -0.3 is 10.1 Å². The number of benzene rings is 3. The van der Waals surface area contributed by atoms with Gasteiger partial charge in [0.15, 0.2) is 6.61 Å². The van der Waals surface area contributed by atoms with Crippen molar-refractivity contribution in [2.45, 2.75) is 25.7 Å². The third-order valence-corrected chi connectivity index (χ3v) is 6.24. The fourth-order valence-electron chi connectivity index (χ4n) is 2.98. The van der Waals surface area contributed by atoms with Gasteiger partial charge in [-0.3, -0.25) is 9.52 Å². The van der Waals surface area contributed by atoms with E-state index in [1.807, 2.05) is 32.9 Å². The van der Waals surface area contributed by atoms with Crippen molar-refractivity contribution in [3.63, 3.8) is 0 Å². The van der Waals surface area contributed by atoms with Crippen molar-refractivity contribution in [3.05, 3.63) is 82.4 Å². The molecule has 0 spiro atoms. The molecular weight excluding hydrogens is 436 g/mol. The topological polar surface area (TPSA) is 84.5 Å². The molecule has 0 saturated carbocycles. The van der Waals surface area contributed by atoms with Gasteiger partial charge in [0.2, 0.25) is 0 Å². The number of amides is 1. The average molecular weight is 459 g/mol. The number of rotatable bonds is 7. The molecule has 1 amide bonds. The van der Waals surface area contributed by atoms with E-state index in [4.69, 9.17) is 16.3 Å². The van der Waals surface area contributed by atoms with Gasteiger partial charge in [-0.15, -0.1) is 0 Å². The summed E-state index contributed by atoms with van der Waals surface area (Å²) in [7, 11) is -3.74. The molecule has 2 N–H and O–H groups in total. The maximum Gasteiger partial charge on any atom is 0.262 e. The number of hydrogen-bond donors (Lipinski definition) is 2. The molecule has 0 aliphatic heterocycles. The molecule has 3 rings (SSSR count). The summed E-state index contributed by atoms with van der Waals surface area (Å²) in [6, 6.07) is 16.6. The lowest BCUT2D eigenvalue weighted by atomic mass is 10.1. The number of hydrogen-bond acceptors (Lipinski definition) is 4. The fraction of sp³-hybridized carbons (Fsp3) is 0.174. The van der Waals surface area contributed by atoms with Crippen LogP contribution in [0.15, 0.2) is 65.6 Å². The van der Waals surface area contributed by atoms with Crippen LogP contribution in [-0.4, -0.2) is 20.9 Å². The second-order valence-corrected chi connectivity index (χ2v) is 9.34. The summed E-state index contributed by atoms with van der Waals surface area (Å²) in [6.07, 6.45) is 0. The van der Waals surface area contributed by atoms with Gasteiger partial charge in [-0.1, -0.05) is 23.7 Å². The molecular formula is C23H23ClN2O4S. The van der Waals surface area contributed by atoms with Gasteiger partial charge in [-0.2, -0.15) is 0 Å². The van der Waals surface area contributed by atoms with E-state index in [2.05, 4.69) is 10.0 Å². The normalized spacial score (nSPS) is 11.1. The van der Waals surface area contributed by atoms with Crippen LogP contribution >= 0.6 is 11.6 Å². The van der Waals surface area contributed by atoms with Crippen LogP contribution in [0.25, 0.3) is 0 Å². The molecule has 0 heterocycles. The number of carbonyl (C=O) groups excluding carboxylic acids is 1. The third-order valence-electron chi connectivity index (χ3n) is 4.43. The Bertz CT molecular complexity index is 1190. The summed E-state index contributed by atoms with van der Waals surface area (Å²) in [4.78, 5) is 12.2. The lowest BCUT2D eigenvalue weighted by Crippen LogP contribution is -2.20. The quantitative estimate of drug-likeness (QED) is 0.516. The van der Waals surface area contributed by atoms with Crippen molar-refractivity contribution in [2.24, 2.45) is 0 Å². The number of anilines is 2. The molecule has 162 valence electrons. The van der Waals surface area contributed by atoms with Gasteiger partial charge in [-0.05, 0) is 86.0 Å². The van der Waals surface area contributed by atoms with E-state index in [0.717, 1.165) is 16.7 Å². The Balaban J connectivity index is 1.60. The summed E-state index contributed by atoms with van der Waals surface area (Å²) in [6.45, 7) is 5.46. The van der Waals surface area contributed by atoms with Crippen LogP contribution in [0, 0.1) is 20.8 Å². The van der Waals surface area contributed by atoms with Crippen LogP contribution in [0.1, 0.15) is 16.7 Å². The Kier molecular flexibility index (Phi) is 6.87. The third kappa shape index (κ3) is 6.23. The van der Waals surface area contributed by atoms with E-state index < -0.39 is 10.0 Å². The number of aryl methyl sites for hydroxylation is 3. The SMILES string of the molecule is Cc1cc(C)cc(NS(=O)(=O)c2ccc(OCC(=O)Nc3ccc(C)c(Cl)c3)cc2)c1. The lowest BCUT2D eigenvalue weighted by Gasteiger charge is -2.11. The zero-order chi connectivity index (χ0) is 22.6. The summed E-state index contributed by atoms with van der Waals surface area (Å²) in [5, 5.41) is 3.26. The lowest BCUT2D eigenvalue weighted by molar-refractivity contribution is -0.118. The van der Waals surface area contributed by atoms with Gasteiger partial charge in [0.05, 0.1) is 4.90 Å². The smallest absolute Gasteiger partial charge is 0.262 e. The van der Waals surface area contributed by atoms with Crippen LogP contribution < -0.4 is 14.8 Å². The molecule has 8 heteroatoms. The minimum atomic E-state index is -3.74. The molecule has 3 aromatic rings. The maximum absolute atomic E-state index is 12.6. The average Bonchev–Trinajstić information content (AvgIpc) is 2.68. The predicted molar refractivity (Wildman–Crippen MR) is 123 cm³/mol. The standard InChI is InChI=1S/C23H23ClN2O4S/c1-15-10-16(2)12-19(11-15)26-31(28,29)21-8-6-20(7-9-21)30-14-23(27)25-18-5-4-17(3)22(24)13-18/h4-13,26H,14H2,1-3H3,(H,25,27). The van der Waals surface area contributed by atoms with Crippen molar-refractivity contribution in [1.29, 1.82) is 0 Å². The second kappa shape index (κ2) is 9.41. The van der Waals surface area contributed by atoms with Gasteiger partial charge in [0.25, 0.3) is 15.9 Å². The summed E-state index contributed by atoms with van der Waals surface area (Å²) in [5.41, 5.74) is 3.92. The molecule has 0 unspecified atom stereocenters. The van der Waals surface area contributed by atoms with Crippen LogP contribution in [-0.2, 0) is 14.8 Å². The van der Waals surface area contributed by atoms with Crippen molar-refractivity contribution in [2.75, 3.05) is 16.6 Å². The summed E-state index contributed by atoms with van der Waals surface area (Å²) in [5.74, 6) is 0.0236. The molecule has 0 atom stereocenters. The van der Waals surface area contributed by atoms with Crippen LogP contribution in [0.3, 0.4) is 0 Å². The molecule has 0 bridgehead atoms. The van der Waals surface area contributed by atoms with Crippen molar-refractivity contribution < 1.29 is 17.9 Å². The highest BCUT2D eigenvalue weighted by Gasteiger charge is 2.15. The summed E-state index contributed by atoms with van der Waals surface area (Å²) >= 11 is 6.05. The second-order valence-electron chi connectivity index (χ2n) is 7.25. The van der Waals surface area contributed by atoms with E-state index in [1.54, 1.807) is 24.3 Å². The molecule has 0 saturated heterocycles. The minimum absolute atomic E-state index is 0.0951. The molecule has 6 nitrogen and oxygen atoms in total. The minimum Gasteiger partial charge on any atom is -0.484 e. The molecule has 0 aromatic heterocycles. The van der Waals surface area contributed by atoms with Crippen molar-refractivity contribution in [3.8, 4) is 5.75 Å². The fourth-order valence-corrected chi connectivity index (χ4v) is 4.20. The number of halogens is 1. The zero-order valence-corrected chi connectivity index (χ0v) is 19.0. The van der Waals surface area contributed by atoms with Gasteiger partial charge in [0.1, 0.15) is 5.75 Å². The number of sulfonamides is 1. The van der Waals surface area contributed by atoms with E-state index in [-0.39, 0.29) is 17.4 Å². The van der Waals surface area contributed by atoms with Gasteiger partial charge in [-0.25, -0.2) is 8.42 Å².